The third kappa shape index (κ3) is 1.81. The Morgan fingerprint density at radius 1 is 1.38 bits per heavy atom. The number of β-amino-alcohol motifs (C(OH)–C–C–N with tert-alkyl or cyclic N) is 1. The quantitative estimate of drug-likeness (QED) is 0.720. The molecule has 6 heterocycles. The molecule has 7 nitrogen and oxygen atoms in total. The number of carbonyl (C=O) groups excluding carboxylic acids is 1. The molecule has 0 aromatic heterocycles. The van der Waals surface area contributed by atoms with Crippen molar-refractivity contribution in [3.8, 4) is 0 Å². The third-order valence-corrected chi connectivity index (χ3v) is 8.52. The molecule has 5 saturated heterocycles. The number of nitrogens with zero attached hydrogens (tertiary/aromatic N) is 1. The second kappa shape index (κ2) is 5.56. The van der Waals surface area contributed by atoms with Crippen LogP contribution < -0.4 is 0 Å². The SMILES string of the molecule is CCCC[C@@]12[C@@H]3C[C@H]4[C@H]5[C@H](C)/C(=C6/OC(=O)C(C)=C6OC)O[C@]5(O3)[C@@H]1[C@H](O)CN42. The number of hydrogen-bond acceptors (Lipinski definition) is 7. The molecule has 0 amide bonds. The van der Waals surface area contributed by atoms with E-state index in [0.717, 1.165) is 25.7 Å². The van der Waals surface area contributed by atoms with Crippen molar-refractivity contribution in [3.63, 3.8) is 0 Å². The van der Waals surface area contributed by atoms with Gasteiger partial charge in [0.25, 0.3) is 0 Å². The highest BCUT2D eigenvalue weighted by Gasteiger charge is 2.86. The maximum Gasteiger partial charge on any atom is 0.343 e. The van der Waals surface area contributed by atoms with Gasteiger partial charge in [0, 0.05) is 18.5 Å². The van der Waals surface area contributed by atoms with Crippen LogP contribution in [0.3, 0.4) is 0 Å². The standard InChI is InChI=1S/C22H29NO6/c1-5-6-7-21-14-8-12-15-10(2)17(18-16(26-4)11(3)20(25)27-18)29-22(15,28-14)19(21)13(24)9-23(12)21/h10,12-15,19,24H,5-9H2,1-4H3/b18-17-/t10-,12-,13+,14-,15+,19+,21+,22-/m0/s1. The first kappa shape index (κ1) is 18.2. The van der Waals surface area contributed by atoms with Crippen LogP contribution in [0.2, 0.25) is 0 Å². The monoisotopic (exact) mass is 403 g/mol. The van der Waals surface area contributed by atoms with E-state index in [2.05, 4.69) is 18.7 Å². The molecule has 158 valence electrons. The second-order valence-electron chi connectivity index (χ2n) is 9.58. The number of rotatable bonds is 4. The lowest BCUT2D eigenvalue weighted by atomic mass is 9.69. The molecule has 6 rings (SSSR count). The third-order valence-electron chi connectivity index (χ3n) is 8.52. The molecule has 1 N–H and O–H groups in total. The van der Waals surface area contributed by atoms with Crippen molar-refractivity contribution in [2.24, 2.45) is 17.8 Å². The Morgan fingerprint density at radius 3 is 2.90 bits per heavy atom. The molecule has 1 spiro atoms. The fourth-order valence-electron chi connectivity index (χ4n) is 7.65. The second-order valence-corrected chi connectivity index (χ2v) is 9.58. The van der Waals surface area contributed by atoms with E-state index in [0.29, 0.717) is 35.4 Å². The molecule has 1 unspecified atom stereocenters. The molecule has 6 aliphatic heterocycles. The van der Waals surface area contributed by atoms with Gasteiger partial charge < -0.3 is 24.1 Å². The van der Waals surface area contributed by atoms with Crippen LogP contribution in [0.1, 0.15) is 46.5 Å². The van der Waals surface area contributed by atoms with E-state index in [1.165, 1.54) is 0 Å². The van der Waals surface area contributed by atoms with Crippen molar-refractivity contribution < 1.29 is 28.8 Å². The van der Waals surface area contributed by atoms with Crippen LogP contribution in [0.4, 0.5) is 0 Å². The summed E-state index contributed by atoms with van der Waals surface area (Å²) in [6.07, 6.45) is 3.88. The van der Waals surface area contributed by atoms with Crippen LogP contribution >= 0.6 is 0 Å². The molecule has 5 bridgehead atoms. The van der Waals surface area contributed by atoms with Crippen LogP contribution in [0, 0.1) is 17.8 Å². The minimum atomic E-state index is -0.836. The van der Waals surface area contributed by atoms with Gasteiger partial charge in [-0.3, -0.25) is 4.90 Å². The van der Waals surface area contributed by atoms with Crippen molar-refractivity contribution >= 4 is 5.97 Å². The zero-order valence-corrected chi connectivity index (χ0v) is 17.4. The normalized spacial score (nSPS) is 53.7. The number of allylic oxidation sites excluding steroid dienone is 1. The number of fused-ring (bicyclic) bond motifs is 1. The van der Waals surface area contributed by atoms with Gasteiger partial charge in [0.2, 0.25) is 11.5 Å². The number of methoxy groups -OCH3 is 1. The highest BCUT2D eigenvalue weighted by molar-refractivity contribution is 5.93. The smallest absolute Gasteiger partial charge is 0.343 e. The van der Waals surface area contributed by atoms with Crippen molar-refractivity contribution in [1.82, 2.24) is 4.90 Å². The van der Waals surface area contributed by atoms with Crippen molar-refractivity contribution in [1.29, 1.82) is 0 Å². The Hall–Kier alpha value is -1.57. The fraction of sp³-hybridized carbons (Fsp3) is 0.773. The number of piperidine rings is 1. The van der Waals surface area contributed by atoms with Gasteiger partial charge in [-0.15, -0.1) is 0 Å². The van der Waals surface area contributed by atoms with Crippen molar-refractivity contribution in [2.45, 2.75) is 76.0 Å². The van der Waals surface area contributed by atoms with Crippen LogP contribution in [0.15, 0.2) is 22.9 Å². The fourth-order valence-corrected chi connectivity index (χ4v) is 7.65. The Balaban J connectivity index is 1.48. The van der Waals surface area contributed by atoms with E-state index in [-0.39, 0.29) is 29.4 Å². The number of esters is 1. The Bertz CT molecular complexity index is 865. The number of aliphatic hydroxyl groups is 1. The lowest BCUT2D eigenvalue weighted by molar-refractivity contribution is -0.263. The van der Waals surface area contributed by atoms with E-state index in [9.17, 15) is 9.90 Å². The number of hydrogen-bond donors (Lipinski definition) is 1. The first-order valence-electron chi connectivity index (χ1n) is 10.9. The van der Waals surface area contributed by atoms with E-state index < -0.39 is 17.9 Å². The average Bonchev–Trinajstić information content (AvgIpc) is 3.37. The molecule has 0 saturated carbocycles. The predicted octanol–water partition coefficient (Wildman–Crippen LogP) is 2.06. The van der Waals surface area contributed by atoms with Gasteiger partial charge in [0.15, 0.2) is 5.76 Å². The van der Waals surface area contributed by atoms with Gasteiger partial charge in [0.1, 0.15) is 5.76 Å². The van der Waals surface area contributed by atoms with Crippen molar-refractivity contribution in [3.05, 3.63) is 22.9 Å². The highest BCUT2D eigenvalue weighted by Crippen LogP contribution is 2.73. The summed E-state index contributed by atoms with van der Waals surface area (Å²) in [7, 11) is 1.54. The van der Waals surface area contributed by atoms with E-state index >= 15 is 0 Å². The van der Waals surface area contributed by atoms with Gasteiger partial charge in [-0.1, -0.05) is 26.7 Å². The van der Waals surface area contributed by atoms with Crippen LogP contribution in [-0.2, 0) is 23.7 Å². The van der Waals surface area contributed by atoms with Gasteiger partial charge in [-0.05, 0) is 19.8 Å². The maximum absolute atomic E-state index is 12.2. The molecule has 0 radical (unpaired) electrons. The molecule has 5 fully saturated rings. The first-order valence-corrected chi connectivity index (χ1v) is 10.9. The van der Waals surface area contributed by atoms with Crippen LogP contribution in [0.5, 0.6) is 0 Å². The molecule has 0 aliphatic carbocycles. The molecule has 0 aromatic rings. The summed E-state index contributed by atoms with van der Waals surface area (Å²) in [5.41, 5.74) is 0.330. The topological polar surface area (TPSA) is 77.5 Å². The summed E-state index contributed by atoms with van der Waals surface area (Å²) < 4.78 is 24.4. The highest BCUT2D eigenvalue weighted by atomic mass is 16.7. The Morgan fingerprint density at radius 2 is 2.17 bits per heavy atom. The molecular formula is C22H29NO6. The summed E-state index contributed by atoms with van der Waals surface area (Å²) >= 11 is 0. The minimum Gasteiger partial charge on any atom is -0.492 e. The molecule has 29 heavy (non-hydrogen) atoms. The lowest BCUT2D eigenvalue weighted by Crippen LogP contribution is -2.62. The molecule has 0 aromatic carbocycles. The number of cyclic esters (lactones) is 1. The Labute approximate surface area is 170 Å². The van der Waals surface area contributed by atoms with Gasteiger partial charge in [-0.25, -0.2) is 4.79 Å². The van der Waals surface area contributed by atoms with E-state index in [1.807, 2.05) is 0 Å². The summed E-state index contributed by atoms with van der Waals surface area (Å²) in [6, 6.07) is 0.320. The predicted molar refractivity (Wildman–Crippen MR) is 101 cm³/mol. The van der Waals surface area contributed by atoms with Crippen LogP contribution in [-0.4, -0.2) is 59.2 Å². The van der Waals surface area contributed by atoms with E-state index in [4.69, 9.17) is 18.9 Å². The molecular weight excluding hydrogens is 374 g/mol. The zero-order chi connectivity index (χ0) is 20.3. The summed E-state index contributed by atoms with van der Waals surface area (Å²) in [6.45, 7) is 6.74. The van der Waals surface area contributed by atoms with Gasteiger partial charge in [0.05, 0.1) is 42.3 Å². The summed E-state index contributed by atoms with van der Waals surface area (Å²) in [5.74, 6) is 0.275. The van der Waals surface area contributed by atoms with E-state index in [1.54, 1.807) is 14.0 Å². The lowest BCUT2D eigenvalue weighted by Gasteiger charge is -2.48. The number of aliphatic hydroxyl groups excluding tert-OH is 1. The largest absolute Gasteiger partial charge is 0.492 e. The summed E-state index contributed by atoms with van der Waals surface area (Å²) in [5, 5.41) is 11.1. The number of carbonyl (C=O) groups is 1. The van der Waals surface area contributed by atoms with Crippen LogP contribution in [0.25, 0.3) is 0 Å². The minimum absolute atomic E-state index is 0.0115. The summed E-state index contributed by atoms with van der Waals surface area (Å²) in [4.78, 5) is 14.7. The maximum atomic E-state index is 12.2. The van der Waals surface area contributed by atoms with Gasteiger partial charge >= 0.3 is 5.97 Å². The van der Waals surface area contributed by atoms with Crippen molar-refractivity contribution in [2.75, 3.05) is 13.7 Å². The Kier molecular flexibility index (Phi) is 3.49. The molecule has 7 heteroatoms. The zero-order valence-electron chi connectivity index (χ0n) is 17.4. The number of ether oxygens (including phenoxy) is 4. The molecule has 6 aliphatic rings. The van der Waals surface area contributed by atoms with Gasteiger partial charge in [-0.2, -0.15) is 0 Å². The first-order chi connectivity index (χ1) is 13.9. The average molecular weight is 403 g/mol. The number of unbranched alkanes of at least 4 members (excludes halogenated alkanes) is 1. The molecule has 9 atom stereocenters.